The smallest absolute Gasteiger partial charge is 0.304 e. The second-order valence-electron chi connectivity index (χ2n) is 2.97. The van der Waals surface area contributed by atoms with Crippen LogP contribution in [0.25, 0.3) is 6.08 Å². The number of carbonyl (C=O) groups is 1. The lowest BCUT2D eigenvalue weighted by atomic mass is 10.2. The molecular weight excluding hydrogens is 188 g/mol. The maximum atomic E-state index is 10.7. The van der Waals surface area contributed by atoms with E-state index in [0.29, 0.717) is 0 Å². The van der Waals surface area contributed by atoms with E-state index in [4.69, 9.17) is 11.2 Å². The molecule has 1 unspecified atom stereocenters. The Bertz CT molecular complexity index is 385. The molecular formula is C13H12O2. The van der Waals surface area contributed by atoms with Gasteiger partial charge >= 0.3 is 5.97 Å². The van der Waals surface area contributed by atoms with Gasteiger partial charge in [-0.15, -0.1) is 6.42 Å². The van der Waals surface area contributed by atoms with E-state index in [1.54, 1.807) is 6.08 Å². The SMILES string of the molecule is C#CC(/C=C/c1ccccc1)OC(C)=O. The van der Waals surface area contributed by atoms with E-state index in [-0.39, 0.29) is 5.97 Å². The monoisotopic (exact) mass is 200 g/mol. The molecule has 0 radical (unpaired) electrons. The highest BCUT2D eigenvalue weighted by molar-refractivity contribution is 5.67. The number of hydrogen-bond acceptors (Lipinski definition) is 2. The molecule has 1 aromatic rings. The minimum Gasteiger partial charge on any atom is -0.445 e. The van der Waals surface area contributed by atoms with Crippen molar-refractivity contribution in [3.05, 3.63) is 42.0 Å². The Balaban J connectivity index is 2.64. The number of esters is 1. The largest absolute Gasteiger partial charge is 0.445 e. The van der Waals surface area contributed by atoms with Gasteiger partial charge in [-0.2, -0.15) is 0 Å². The molecule has 0 heterocycles. The van der Waals surface area contributed by atoms with Crippen molar-refractivity contribution in [1.29, 1.82) is 0 Å². The highest BCUT2D eigenvalue weighted by Gasteiger charge is 2.02. The standard InChI is InChI=1S/C13H12O2/c1-3-13(15-11(2)14)10-9-12-7-5-4-6-8-12/h1,4-10,13H,2H3/b10-9+. The summed E-state index contributed by atoms with van der Waals surface area (Å²) < 4.78 is 4.86. The molecule has 0 spiro atoms. The fourth-order valence-corrected chi connectivity index (χ4v) is 1.07. The number of rotatable bonds is 3. The molecule has 0 amide bonds. The van der Waals surface area contributed by atoms with E-state index in [9.17, 15) is 4.79 Å². The van der Waals surface area contributed by atoms with Crippen molar-refractivity contribution in [2.75, 3.05) is 0 Å². The number of carbonyl (C=O) groups excluding carboxylic acids is 1. The minimum absolute atomic E-state index is 0.379. The molecule has 2 nitrogen and oxygen atoms in total. The number of hydrogen-bond donors (Lipinski definition) is 0. The van der Waals surface area contributed by atoms with Crippen molar-refractivity contribution in [2.45, 2.75) is 13.0 Å². The summed E-state index contributed by atoms with van der Waals surface area (Å²) in [6, 6.07) is 9.67. The van der Waals surface area contributed by atoms with Crippen LogP contribution in [0.3, 0.4) is 0 Å². The van der Waals surface area contributed by atoms with E-state index in [1.807, 2.05) is 36.4 Å². The second kappa shape index (κ2) is 5.66. The summed E-state index contributed by atoms with van der Waals surface area (Å²) in [4.78, 5) is 10.7. The summed E-state index contributed by atoms with van der Waals surface area (Å²) in [6.07, 6.45) is 8.12. The predicted octanol–water partition coefficient (Wildman–Crippen LogP) is 2.26. The normalized spacial score (nSPS) is 12.0. The molecule has 1 aromatic carbocycles. The van der Waals surface area contributed by atoms with Gasteiger partial charge in [0.05, 0.1) is 0 Å². The van der Waals surface area contributed by atoms with Crippen molar-refractivity contribution in [3.63, 3.8) is 0 Å². The maximum Gasteiger partial charge on any atom is 0.304 e. The maximum absolute atomic E-state index is 10.7. The Morgan fingerprint density at radius 3 is 2.67 bits per heavy atom. The Morgan fingerprint density at radius 1 is 1.47 bits per heavy atom. The molecule has 0 aliphatic carbocycles. The Hall–Kier alpha value is -2.01. The zero-order chi connectivity index (χ0) is 11.1. The van der Waals surface area contributed by atoms with Crippen LogP contribution in [0, 0.1) is 12.3 Å². The number of terminal acetylenes is 1. The summed E-state index contributed by atoms with van der Waals surface area (Å²) in [7, 11) is 0. The third-order valence-corrected chi connectivity index (χ3v) is 1.72. The first kappa shape index (κ1) is 11.1. The summed E-state index contributed by atoms with van der Waals surface area (Å²) in [5.74, 6) is 1.99. The summed E-state index contributed by atoms with van der Waals surface area (Å²) in [5.41, 5.74) is 1.02. The zero-order valence-corrected chi connectivity index (χ0v) is 8.51. The average molecular weight is 200 g/mol. The third-order valence-electron chi connectivity index (χ3n) is 1.72. The molecule has 0 aliphatic rings. The van der Waals surface area contributed by atoms with Gasteiger partial charge in [0.25, 0.3) is 0 Å². The van der Waals surface area contributed by atoms with Gasteiger partial charge in [0.1, 0.15) is 0 Å². The van der Waals surface area contributed by atoms with Gasteiger partial charge in [-0.05, 0) is 11.6 Å². The van der Waals surface area contributed by atoms with E-state index >= 15 is 0 Å². The van der Waals surface area contributed by atoms with Crippen LogP contribution in [0.4, 0.5) is 0 Å². The molecule has 0 aliphatic heterocycles. The van der Waals surface area contributed by atoms with Crippen molar-refractivity contribution in [3.8, 4) is 12.3 Å². The Kier molecular flexibility index (Phi) is 4.18. The van der Waals surface area contributed by atoms with Crippen LogP contribution in [0.5, 0.6) is 0 Å². The van der Waals surface area contributed by atoms with E-state index in [1.165, 1.54) is 6.92 Å². The molecule has 0 N–H and O–H groups in total. The summed E-state index contributed by atoms with van der Waals surface area (Å²) in [6.45, 7) is 1.33. The van der Waals surface area contributed by atoms with Gasteiger partial charge in [-0.3, -0.25) is 4.79 Å². The summed E-state index contributed by atoms with van der Waals surface area (Å²) >= 11 is 0. The molecule has 0 saturated carbocycles. The first-order valence-electron chi connectivity index (χ1n) is 4.59. The molecule has 1 rings (SSSR count). The number of ether oxygens (including phenoxy) is 1. The van der Waals surface area contributed by atoms with Crippen LogP contribution in [-0.2, 0) is 9.53 Å². The molecule has 0 aromatic heterocycles. The quantitative estimate of drug-likeness (QED) is 0.552. The molecule has 0 bridgehead atoms. The fraction of sp³-hybridized carbons (Fsp3) is 0.154. The third kappa shape index (κ3) is 4.15. The predicted molar refractivity (Wildman–Crippen MR) is 59.9 cm³/mol. The van der Waals surface area contributed by atoms with Crippen LogP contribution in [-0.4, -0.2) is 12.1 Å². The van der Waals surface area contributed by atoms with Crippen molar-refractivity contribution >= 4 is 12.0 Å². The zero-order valence-electron chi connectivity index (χ0n) is 8.51. The lowest BCUT2D eigenvalue weighted by Crippen LogP contribution is -2.10. The molecule has 0 saturated heterocycles. The van der Waals surface area contributed by atoms with Crippen LogP contribution in [0.2, 0.25) is 0 Å². The highest BCUT2D eigenvalue weighted by Crippen LogP contribution is 2.03. The first-order valence-corrected chi connectivity index (χ1v) is 4.59. The van der Waals surface area contributed by atoms with Crippen molar-refractivity contribution in [1.82, 2.24) is 0 Å². The highest BCUT2D eigenvalue weighted by atomic mass is 16.5. The second-order valence-corrected chi connectivity index (χ2v) is 2.97. The first-order chi connectivity index (χ1) is 7.22. The fourth-order valence-electron chi connectivity index (χ4n) is 1.07. The Morgan fingerprint density at radius 2 is 2.13 bits per heavy atom. The molecule has 2 heteroatoms. The van der Waals surface area contributed by atoms with Gasteiger partial charge in [0, 0.05) is 6.92 Å². The van der Waals surface area contributed by atoms with Gasteiger partial charge in [0.2, 0.25) is 0 Å². The van der Waals surface area contributed by atoms with E-state index < -0.39 is 6.10 Å². The van der Waals surface area contributed by atoms with Crippen molar-refractivity contribution < 1.29 is 9.53 Å². The van der Waals surface area contributed by atoms with Gasteiger partial charge in [-0.25, -0.2) is 0 Å². The van der Waals surface area contributed by atoms with Crippen LogP contribution >= 0.6 is 0 Å². The Labute approximate surface area is 89.6 Å². The van der Waals surface area contributed by atoms with E-state index in [0.717, 1.165) is 5.56 Å². The lowest BCUT2D eigenvalue weighted by Gasteiger charge is -2.04. The van der Waals surface area contributed by atoms with Gasteiger partial charge in [0.15, 0.2) is 6.10 Å². The van der Waals surface area contributed by atoms with Gasteiger partial charge in [-0.1, -0.05) is 42.3 Å². The average Bonchev–Trinajstić information content (AvgIpc) is 2.25. The topological polar surface area (TPSA) is 26.3 Å². The van der Waals surface area contributed by atoms with Crippen LogP contribution in [0.1, 0.15) is 12.5 Å². The van der Waals surface area contributed by atoms with Crippen LogP contribution in [0.15, 0.2) is 36.4 Å². The molecule has 15 heavy (non-hydrogen) atoms. The number of benzene rings is 1. The summed E-state index contributed by atoms with van der Waals surface area (Å²) in [5, 5.41) is 0. The molecule has 0 fully saturated rings. The lowest BCUT2D eigenvalue weighted by molar-refractivity contribution is -0.142. The molecule has 1 atom stereocenters. The van der Waals surface area contributed by atoms with Gasteiger partial charge < -0.3 is 4.74 Å². The van der Waals surface area contributed by atoms with Crippen molar-refractivity contribution in [2.24, 2.45) is 0 Å². The van der Waals surface area contributed by atoms with Crippen LogP contribution < -0.4 is 0 Å². The molecule has 76 valence electrons. The minimum atomic E-state index is -0.595. The van der Waals surface area contributed by atoms with E-state index in [2.05, 4.69) is 5.92 Å².